The number of β-amino-alcohol motifs (C(OH)–C–C–N with tert-alkyl or cyclic N) is 1. The first-order valence-corrected chi connectivity index (χ1v) is 8.50. The number of piperazine rings is 1. The van der Waals surface area contributed by atoms with Gasteiger partial charge in [-0.15, -0.1) is 0 Å². The quantitative estimate of drug-likeness (QED) is 0.924. The molecule has 2 heterocycles. The van der Waals surface area contributed by atoms with Crippen molar-refractivity contribution in [2.75, 3.05) is 32.7 Å². The zero-order chi connectivity index (χ0) is 18.0. The summed E-state index contributed by atoms with van der Waals surface area (Å²) in [6.07, 6.45) is 3.53. The molecule has 3 rings (SSSR count). The van der Waals surface area contributed by atoms with Crippen LogP contribution in [0.25, 0.3) is 5.69 Å². The van der Waals surface area contributed by atoms with E-state index in [4.69, 9.17) is 0 Å². The summed E-state index contributed by atoms with van der Waals surface area (Å²) in [5.41, 5.74) is 0.0461. The highest BCUT2D eigenvalue weighted by atomic mass is 19.1. The van der Waals surface area contributed by atoms with E-state index in [-0.39, 0.29) is 5.91 Å². The van der Waals surface area contributed by atoms with Crippen molar-refractivity contribution in [2.24, 2.45) is 0 Å². The molecule has 5 nitrogen and oxygen atoms in total. The third-order valence-electron chi connectivity index (χ3n) is 4.35. The summed E-state index contributed by atoms with van der Waals surface area (Å²) < 4.78 is 16.0. The van der Waals surface area contributed by atoms with Crippen LogP contribution in [0.3, 0.4) is 0 Å². The molecule has 0 bridgehead atoms. The van der Waals surface area contributed by atoms with E-state index in [1.165, 1.54) is 6.07 Å². The fraction of sp³-hybridized carbons (Fsp3) is 0.421. The Morgan fingerprint density at radius 3 is 2.36 bits per heavy atom. The van der Waals surface area contributed by atoms with Crippen LogP contribution in [0.15, 0.2) is 42.7 Å². The largest absolute Gasteiger partial charge is 0.389 e. The van der Waals surface area contributed by atoms with Gasteiger partial charge in [0.15, 0.2) is 0 Å². The van der Waals surface area contributed by atoms with Crippen LogP contribution in [-0.2, 0) is 0 Å². The Morgan fingerprint density at radius 1 is 1.16 bits per heavy atom. The van der Waals surface area contributed by atoms with Crippen LogP contribution < -0.4 is 0 Å². The fourth-order valence-electron chi connectivity index (χ4n) is 3.18. The number of aliphatic hydroxyl groups is 1. The molecule has 1 fully saturated rings. The van der Waals surface area contributed by atoms with Gasteiger partial charge in [0.25, 0.3) is 5.91 Å². The predicted octanol–water partition coefficient (Wildman–Crippen LogP) is 2.15. The Kier molecular flexibility index (Phi) is 4.92. The molecule has 0 radical (unpaired) electrons. The minimum atomic E-state index is -0.746. The van der Waals surface area contributed by atoms with Crippen molar-refractivity contribution >= 4 is 5.91 Å². The molecular weight excluding hydrogens is 321 g/mol. The Bertz CT molecular complexity index is 730. The van der Waals surface area contributed by atoms with E-state index < -0.39 is 11.4 Å². The smallest absolute Gasteiger partial charge is 0.254 e. The normalized spacial score (nSPS) is 16.2. The monoisotopic (exact) mass is 345 g/mol. The number of aromatic nitrogens is 1. The standard InChI is InChI=1S/C19H24FN3O2/c1-19(2,25)14-21-9-11-23(12-10-21)18(24)15-5-6-17(16(20)13-15)22-7-3-4-8-22/h3-8,13,25H,9-12,14H2,1-2H3. The SMILES string of the molecule is CC(C)(O)CN1CCN(C(=O)c2ccc(-n3cccc3)c(F)c2)CC1. The first-order valence-electron chi connectivity index (χ1n) is 8.50. The lowest BCUT2D eigenvalue weighted by molar-refractivity contribution is 0.0178. The molecule has 0 atom stereocenters. The average molecular weight is 345 g/mol. The van der Waals surface area contributed by atoms with E-state index in [0.717, 1.165) is 0 Å². The summed E-state index contributed by atoms with van der Waals surface area (Å²) >= 11 is 0. The topological polar surface area (TPSA) is 48.7 Å². The van der Waals surface area contributed by atoms with E-state index >= 15 is 0 Å². The number of benzene rings is 1. The highest BCUT2D eigenvalue weighted by molar-refractivity contribution is 5.94. The van der Waals surface area contributed by atoms with E-state index in [1.807, 2.05) is 12.1 Å². The number of amides is 1. The summed E-state index contributed by atoms with van der Waals surface area (Å²) in [5.74, 6) is -0.566. The summed E-state index contributed by atoms with van der Waals surface area (Å²) in [7, 11) is 0. The maximum atomic E-state index is 14.4. The number of hydrogen-bond acceptors (Lipinski definition) is 3. The second kappa shape index (κ2) is 6.98. The Morgan fingerprint density at radius 2 is 1.80 bits per heavy atom. The molecule has 1 aromatic carbocycles. The van der Waals surface area contributed by atoms with Crippen molar-refractivity contribution in [2.45, 2.75) is 19.4 Å². The molecule has 134 valence electrons. The second-order valence-corrected chi connectivity index (χ2v) is 7.14. The van der Waals surface area contributed by atoms with E-state index in [2.05, 4.69) is 4.90 Å². The van der Waals surface area contributed by atoms with Crippen LogP contribution in [0, 0.1) is 5.82 Å². The van der Waals surface area contributed by atoms with Crippen LogP contribution in [0.1, 0.15) is 24.2 Å². The van der Waals surface area contributed by atoms with Gasteiger partial charge < -0.3 is 14.6 Å². The van der Waals surface area contributed by atoms with Crippen LogP contribution in [-0.4, -0.2) is 63.7 Å². The maximum Gasteiger partial charge on any atom is 0.254 e. The molecule has 1 amide bonds. The van der Waals surface area contributed by atoms with E-state index in [0.29, 0.717) is 44.0 Å². The minimum absolute atomic E-state index is 0.152. The number of rotatable bonds is 4. The fourth-order valence-corrected chi connectivity index (χ4v) is 3.18. The van der Waals surface area contributed by atoms with Gasteiger partial charge in [-0.1, -0.05) is 0 Å². The van der Waals surface area contributed by atoms with Crippen molar-refractivity contribution in [3.05, 3.63) is 54.1 Å². The molecule has 0 unspecified atom stereocenters. The number of carbonyl (C=O) groups excluding carboxylic acids is 1. The third kappa shape index (κ3) is 4.27. The first-order chi connectivity index (χ1) is 11.8. The lowest BCUT2D eigenvalue weighted by atomic mass is 10.1. The zero-order valence-corrected chi connectivity index (χ0v) is 14.7. The number of carbonyl (C=O) groups is 1. The van der Waals surface area contributed by atoms with Gasteiger partial charge in [-0.05, 0) is 44.2 Å². The molecule has 1 aliphatic heterocycles. The van der Waals surface area contributed by atoms with Crippen molar-refractivity contribution in [3.8, 4) is 5.69 Å². The van der Waals surface area contributed by atoms with Crippen LogP contribution in [0.2, 0.25) is 0 Å². The van der Waals surface area contributed by atoms with Crippen molar-refractivity contribution in [1.29, 1.82) is 0 Å². The van der Waals surface area contributed by atoms with E-state index in [1.54, 1.807) is 47.8 Å². The molecule has 0 spiro atoms. The molecule has 0 saturated carbocycles. The van der Waals surface area contributed by atoms with Crippen molar-refractivity contribution in [3.63, 3.8) is 0 Å². The predicted molar refractivity (Wildman–Crippen MR) is 94.4 cm³/mol. The molecule has 1 saturated heterocycles. The van der Waals surface area contributed by atoms with Crippen LogP contribution in [0.5, 0.6) is 0 Å². The third-order valence-corrected chi connectivity index (χ3v) is 4.35. The lowest BCUT2D eigenvalue weighted by Gasteiger charge is -2.37. The summed E-state index contributed by atoms with van der Waals surface area (Å²) in [6, 6.07) is 8.26. The van der Waals surface area contributed by atoms with Gasteiger partial charge in [-0.3, -0.25) is 9.69 Å². The lowest BCUT2D eigenvalue weighted by Crippen LogP contribution is -2.52. The van der Waals surface area contributed by atoms with Gasteiger partial charge in [-0.25, -0.2) is 4.39 Å². The molecule has 1 aliphatic rings. The Hall–Kier alpha value is -2.18. The molecule has 6 heteroatoms. The zero-order valence-electron chi connectivity index (χ0n) is 14.7. The van der Waals surface area contributed by atoms with Gasteiger partial charge in [0, 0.05) is 50.7 Å². The number of hydrogen-bond donors (Lipinski definition) is 1. The maximum absolute atomic E-state index is 14.4. The van der Waals surface area contributed by atoms with Gasteiger partial charge in [-0.2, -0.15) is 0 Å². The van der Waals surface area contributed by atoms with E-state index in [9.17, 15) is 14.3 Å². The highest BCUT2D eigenvalue weighted by Gasteiger charge is 2.26. The van der Waals surface area contributed by atoms with Crippen LogP contribution >= 0.6 is 0 Å². The molecule has 1 N–H and O–H groups in total. The van der Waals surface area contributed by atoms with Gasteiger partial charge in [0.2, 0.25) is 0 Å². The highest BCUT2D eigenvalue weighted by Crippen LogP contribution is 2.18. The second-order valence-electron chi connectivity index (χ2n) is 7.14. The summed E-state index contributed by atoms with van der Waals surface area (Å²) in [5, 5.41) is 9.89. The molecule has 25 heavy (non-hydrogen) atoms. The molecular formula is C19H24FN3O2. The summed E-state index contributed by atoms with van der Waals surface area (Å²) in [6.45, 7) is 6.71. The molecule has 0 aliphatic carbocycles. The van der Waals surface area contributed by atoms with Gasteiger partial charge >= 0.3 is 0 Å². The van der Waals surface area contributed by atoms with Crippen LogP contribution in [0.4, 0.5) is 4.39 Å². The van der Waals surface area contributed by atoms with Crippen molar-refractivity contribution < 1.29 is 14.3 Å². The average Bonchev–Trinajstić information content (AvgIpc) is 3.07. The Balaban J connectivity index is 1.65. The minimum Gasteiger partial charge on any atom is -0.389 e. The van der Waals surface area contributed by atoms with Gasteiger partial charge in [0.1, 0.15) is 5.82 Å². The first kappa shape index (κ1) is 17.6. The van der Waals surface area contributed by atoms with Crippen molar-refractivity contribution in [1.82, 2.24) is 14.4 Å². The van der Waals surface area contributed by atoms with Gasteiger partial charge in [0.05, 0.1) is 11.3 Å². The number of halogens is 1. The number of nitrogens with zero attached hydrogens (tertiary/aromatic N) is 3. The summed E-state index contributed by atoms with van der Waals surface area (Å²) in [4.78, 5) is 16.5. The molecule has 1 aromatic heterocycles. The Labute approximate surface area is 147 Å². The molecule has 2 aromatic rings.